The summed E-state index contributed by atoms with van der Waals surface area (Å²) in [6.07, 6.45) is 0. The van der Waals surface area contributed by atoms with E-state index in [1.165, 1.54) is 12.1 Å². The minimum absolute atomic E-state index is 0.0795. The molecule has 1 heterocycles. The largest absolute Gasteiger partial charge is 0.478 e. The zero-order valence-corrected chi connectivity index (χ0v) is 15.3. The predicted octanol–water partition coefficient (Wildman–Crippen LogP) is 4.78. The van der Waals surface area contributed by atoms with Crippen molar-refractivity contribution in [1.29, 1.82) is 0 Å². The first-order valence-corrected chi connectivity index (χ1v) is 8.16. The van der Waals surface area contributed by atoms with E-state index in [1.54, 1.807) is 6.07 Å². The molecule has 0 spiro atoms. The Morgan fingerprint density at radius 1 is 1.00 bits per heavy atom. The zero-order chi connectivity index (χ0) is 19.2. The Morgan fingerprint density at radius 3 is 2.31 bits per heavy atom. The van der Waals surface area contributed by atoms with Gasteiger partial charge in [-0.05, 0) is 80.6 Å². The molecule has 1 N–H and O–H groups in total. The van der Waals surface area contributed by atoms with Crippen LogP contribution in [-0.4, -0.2) is 21.2 Å². The van der Waals surface area contributed by atoms with Crippen LogP contribution in [0.4, 0.5) is 4.39 Å². The van der Waals surface area contributed by atoms with Gasteiger partial charge in [-0.25, -0.2) is 9.18 Å². The molecule has 0 atom stereocenters. The highest BCUT2D eigenvalue weighted by atomic mass is 19.1. The van der Waals surface area contributed by atoms with Gasteiger partial charge in [0.05, 0.1) is 11.1 Å². The van der Waals surface area contributed by atoms with E-state index in [1.807, 2.05) is 34.6 Å². The number of carbonyl (C=O) groups is 1. The molecule has 0 aliphatic rings. The maximum atomic E-state index is 14.5. The molecular weight excluding hydrogens is 335 g/mol. The number of benzene rings is 2. The molecule has 0 radical (unpaired) electrons. The average Bonchev–Trinajstić information content (AvgIpc) is 3.04. The van der Waals surface area contributed by atoms with E-state index < -0.39 is 11.8 Å². The Hall–Kier alpha value is -3.02. The second-order valence-electron chi connectivity index (χ2n) is 6.49. The van der Waals surface area contributed by atoms with Crippen molar-refractivity contribution in [2.24, 2.45) is 0 Å². The normalized spacial score (nSPS) is 11.0. The van der Waals surface area contributed by atoms with Crippen molar-refractivity contribution < 1.29 is 18.8 Å². The van der Waals surface area contributed by atoms with E-state index in [9.17, 15) is 14.3 Å². The molecule has 3 rings (SSSR count). The topological polar surface area (TPSA) is 76.2 Å². The van der Waals surface area contributed by atoms with Crippen molar-refractivity contribution >= 4 is 5.97 Å². The van der Waals surface area contributed by atoms with Gasteiger partial charge in [0.15, 0.2) is 0 Å². The van der Waals surface area contributed by atoms with Crippen LogP contribution in [0.1, 0.15) is 38.2 Å². The van der Waals surface area contributed by atoms with Gasteiger partial charge in [0.2, 0.25) is 5.82 Å². The second-order valence-corrected chi connectivity index (χ2v) is 6.49. The Morgan fingerprint density at radius 2 is 1.65 bits per heavy atom. The van der Waals surface area contributed by atoms with Gasteiger partial charge in [0, 0.05) is 5.56 Å². The molecule has 134 valence electrons. The molecule has 0 bridgehead atoms. The standard InChI is InChI=1S/C20H19FN2O3/c1-9-6-14(20(24)25)8-15(12(9)4)18-22-19(26-23-18)17-13(5)11(3)10(2)7-16(17)21/h6-8H,1-5H3,(H,24,25). The third-order valence-electron chi connectivity index (χ3n) is 4.91. The third-order valence-corrected chi connectivity index (χ3v) is 4.91. The Balaban J connectivity index is 2.16. The zero-order valence-electron chi connectivity index (χ0n) is 15.3. The Bertz CT molecular complexity index is 1040. The third kappa shape index (κ3) is 2.87. The number of carboxylic acid groups (broad SMARTS) is 1. The molecule has 0 aliphatic carbocycles. The number of halogens is 1. The number of nitrogens with zero attached hydrogens (tertiary/aromatic N) is 2. The van der Waals surface area contributed by atoms with Gasteiger partial charge in [0.1, 0.15) is 5.82 Å². The summed E-state index contributed by atoms with van der Waals surface area (Å²) in [4.78, 5) is 15.7. The summed E-state index contributed by atoms with van der Waals surface area (Å²) in [5.74, 6) is -1.14. The summed E-state index contributed by atoms with van der Waals surface area (Å²) in [6.45, 7) is 9.24. The van der Waals surface area contributed by atoms with Crippen molar-refractivity contribution in [3.05, 3.63) is 57.4 Å². The maximum Gasteiger partial charge on any atom is 0.335 e. The molecule has 0 aliphatic heterocycles. The van der Waals surface area contributed by atoms with E-state index in [4.69, 9.17) is 4.52 Å². The molecule has 1 aromatic heterocycles. The lowest BCUT2D eigenvalue weighted by Gasteiger charge is -2.09. The van der Waals surface area contributed by atoms with Crippen LogP contribution >= 0.6 is 0 Å². The van der Waals surface area contributed by atoms with E-state index in [0.717, 1.165) is 27.8 Å². The van der Waals surface area contributed by atoms with Crippen molar-refractivity contribution in [2.75, 3.05) is 0 Å². The number of carboxylic acids is 1. The number of aromatic nitrogens is 2. The van der Waals surface area contributed by atoms with Crippen molar-refractivity contribution in [3.63, 3.8) is 0 Å². The summed E-state index contributed by atoms with van der Waals surface area (Å²) >= 11 is 0. The second kappa shape index (κ2) is 6.37. The summed E-state index contributed by atoms with van der Waals surface area (Å²) in [7, 11) is 0. The van der Waals surface area contributed by atoms with Gasteiger partial charge in [-0.2, -0.15) is 4.98 Å². The molecule has 0 saturated carbocycles. The molecule has 0 fully saturated rings. The monoisotopic (exact) mass is 354 g/mol. The van der Waals surface area contributed by atoms with Crippen LogP contribution in [0.15, 0.2) is 22.7 Å². The van der Waals surface area contributed by atoms with E-state index in [0.29, 0.717) is 5.56 Å². The quantitative estimate of drug-likeness (QED) is 0.732. The molecule has 2 aromatic carbocycles. The first kappa shape index (κ1) is 17.8. The van der Waals surface area contributed by atoms with E-state index in [-0.39, 0.29) is 22.8 Å². The minimum Gasteiger partial charge on any atom is -0.478 e. The lowest BCUT2D eigenvalue weighted by Crippen LogP contribution is -2.00. The maximum absolute atomic E-state index is 14.5. The van der Waals surface area contributed by atoms with Gasteiger partial charge in [-0.3, -0.25) is 0 Å². The Labute approximate surface area is 150 Å². The lowest BCUT2D eigenvalue weighted by molar-refractivity contribution is 0.0697. The van der Waals surface area contributed by atoms with Crippen LogP contribution in [0.5, 0.6) is 0 Å². The van der Waals surface area contributed by atoms with Crippen LogP contribution in [0.3, 0.4) is 0 Å². The fraction of sp³-hybridized carbons (Fsp3) is 0.250. The smallest absolute Gasteiger partial charge is 0.335 e. The summed E-state index contributed by atoms with van der Waals surface area (Å²) in [5.41, 5.74) is 5.17. The van der Waals surface area contributed by atoms with Gasteiger partial charge in [-0.1, -0.05) is 5.16 Å². The number of hydrogen-bond acceptors (Lipinski definition) is 4. The number of rotatable bonds is 3. The molecule has 26 heavy (non-hydrogen) atoms. The SMILES string of the molecule is Cc1cc(C(=O)O)cc(-c2noc(-c3c(F)cc(C)c(C)c3C)n2)c1C. The van der Waals surface area contributed by atoms with Gasteiger partial charge >= 0.3 is 5.97 Å². The van der Waals surface area contributed by atoms with Crippen LogP contribution in [0.2, 0.25) is 0 Å². The van der Waals surface area contributed by atoms with Crippen LogP contribution < -0.4 is 0 Å². The Kier molecular flexibility index (Phi) is 4.36. The van der Waals surface area contributed by atoms with E-state index in [2.05, 4.69) is 10.1 Å². The summed E-state index contributed by atoms with van der Waals surface area (Å²) < 4.78 is 19.8. The van der Waals surface area contributed by atoms with Crippen LogP contribution in [0.25, 0.3) is 22.8 Å². The van der Waals surface area contributed by atoms with Gasteiger partial charge in [0.25, 0.3) is 5.89 Å². The minimum atomic E-state index is -1.03. The van der Waals surface area contributed by atoms with Gasteiger partial charge in [-0.15, -0.1) is 0 Å². The molecule has 5 nitrogen and oxygen atoms in total. The van der Waals surface area contributed by atoms with Crippen molar-refractivity contribution in [3.8, 4) is 22.8 Å². The number of hydrogen-bond donors (Lipinski definition) is 1. The van der Waals surface area contributed by atoms with Crippen molar-refractivity contribution in [1.82, 2.24) is 10.1 Å². The molecule has 0 amide bonds. The van der Waals surface area contributed by atoms with Gasteiger partial charge < -0.3 is 9.63 Å². The van der Waals surface area contributed by atoms with Crippen LogP contribution in [-0.2, 0) is 0 Å². The molecule has 0 saturated heterocycles. The predicted molar refractivity (Wildman–Crippen MR) is 95.8 cm³/mol. The number of aromatic carboxylic acids is 1. The number of aryl methyl sites for hydroxylation is 2. The molecular formula is C20H19FN2O3. The molecule has 6 heteroatoms. The first-order chi connectivity index (χ1) is 12.2. The van der Waals surface area contributed by atoms with E-state index >= 15 is 0 Å². The highest BCUT2D eigenvalue weighted by Gasteiger charge is 2.21. The first-order valence-electron chi connectivity index (χ1n) is 8.16. The highest BCUT2D eigenvalue weighted by Crippen LogP contribution is 2.32. The van der Waals surface area contributed by atoms with Crippen molar-refractivity contribution in [2.45, 2.75) is 34.6 Å². The fourth-order valence-electron chi connectivity index (χ4n) is 2.94. The van der Waals surface area contributed by atoms with Crippen LogP contribution in [0, 0.1) is 40.4 Å². The highest BCUT2D eigenvalue weighted by molar-refractivity contribution is 5.90. The molecule has 0 unspecified atom stereocenters. The fourth-order valence-corrected chi connectivity index (χ4v) is 2.94. The molecule has 3 aromatic rings. The summed E-state index contributed by atoms with van der Waals surface area (Å²) in [6, 6.07) is 4.54. The average molecular weight is 354 g/mol. The lowest BCUT2D eigenvalue weighted by atomic mass is 9.98. The summed E-state index contributed by atoms with van der Waals surface area (Å²) in [5, 5.41) is 13.2.